The number of hydrogen-bond acceptors (Lipinski definition) is 6. The number of nitrogens with one attached hydrogen (secondary N) is 1. The van der Waals surface area contributed by atoms with Crippen LogP contribution < -0.4 is 9.80 Å². The molecule has 8 nitrogen and oxygen atoms in total. The van der Waals surface area contributed by atoms with Crippen LogP contribution in [0.4, 0.5) is 5.95 Å². The fourth-order valence-electron chi connectivity index (χ4n) is 3.72. The second-order valence-electron chi connectivity index (χ2n) is 7.39. The molecule has 144 valence electrons. The van der Waals surface area contributed by atoms with Crippen LogP contribution in [0, 0.1) is 4.77 Å². The van der Waals surface area contributed by atoms with Gasteiger partial charge in [0.05, 0.1) is 26.2 Å². The molecule has 3 aromatic heterocycles. The van der Waals surface area contributed by atoms with Gasteiger partial charge in [-0.15, -0.1) is 5.10 Å². The highest BCUT2D eigenvalue weighted by Crippen LogP contribution is 2.38. The Bertz CT molecular complexity index is 988. The number of piperazine rings is 1. The van der Waals surface area contributed by atoms with Gasteiger partial charge in [0.15, 0.2) is 12.5 Å². The first kappa shape index (κ1) is 17.4. The molecule has 1 saturated heterocycles. The van der Waals surface area contributed by atoms with E-state index in [2.05, 4.69) is 30.5 Å². The summed E-state index contributed by atoms with van der Waals surface area (Å²) in [5.41, 5.74) is 1.03. The third-order valence-electron chi connectivity index (χ3n) is 5.38. The molecule has 0 amide bonds. The lowest BCUT2D eigenvalue weighted by atomic mass is 10.3. The van der Waals surface area contributed by atoms with E-state index in [0.717, 1.165) is 55.0 Å². The van der Waals surface area contributed by atoms with Crippen LogP contribution in [0.5, 0.6) is 0 Å². The Morgan fingerprint density at radius 3 is 2.54 bits per heavy atom. The molecule has 5 rings (SSSR count). The zero-order chi connectivity index (χ0) is 18.9. The average Bonchev–Trinajstić information content (AvgIpc) is 3.54. The number of hydrogen-bond donors (Lipinski definition) is 1. The summed E-state index contributed by atoms with van der Waals surface area (Å²) in [6.07, 6.45) is 9.60. The highest BCUT2D eigenvalue weighted by atomic mass is 32.1. The number of quaternary nitrogens is 1. The second kappa shape index (κ2) is 7.40. The minimum absolute atomic E-state index is 0.485. The smallest absolute Gasteiger partial charge is 0.225 e. The zero-order valence-corrected chi connectivity index (χ0v) is 16.4. The van der Waals surface area contributed by atoms with Gasteiger partial charge in [-0.25, -0.2) is 9.97 Å². The van der Waals surface area contributed by atoms with Crippen molar-refractivity contribution in [3.63, 3.8) is 0 Å². The predicted molar refractivity (Wildman–Crippen MR) is 107 cm³/mol. The monoisotopic (exact) mass is 395 g/mol. The van der Waals surface area contributed by atoms with Gasteiger partial charge < -0.3 is 9.80 Å². The van der Waals surface area contributed by atoms with Crippen molar-refractivity contribution in [1.82, 2.24) is 29.3 Å². The summed E-state index contributed by atoms with van der Waals surface area (Å²) in [6.45, 7) is 4.68. The average molecular weight is 396 g/mol. The molecule has 0 atom stereocenters. The molecule has 1 aliphatic carbocycles. The van der Waals surface area contributed by atoms with Crippen LogP contribution in [0.15, 0.2) is 43.0 Å². The van der Waals surface area contributed by atoms with Crippen molar-refractivity contribution < 1.29 is 4.90 Å². The van der Waals surface area contributed by atoms with E-state index in [4.69, 9.17) is 17.3 Å². The quantitative estimate of drug-likeness (QED) is 0.649. The van der Waals surface area contributed by atoms with Crippen molar-refractivity contribution >= 4 is 18.2 Å². The molecule has 0 aromatic carbocycles. The molecule has 0 spiro atoms. The van der Waals surface area contributed by atoms with E-state index < -0.39 is 0 Å². The maximum atomic E-state index is 5.80. The summed E-state index contributed by atoms with van der Waals surface area (Å²) >= 11 is 5.80. The molecule has 0 bridgehead atoms. The van der Waals surface area contributed by atoms with Crippen LogP contribution in [-0.4, -0.2) is 55.5 Å². The molecule has 0 radical (unpaired) electrons. The second-order valence-corrected chi connectivity index (χ2v) is 7.76. The number of anilines is 1. The minimum Gasteiger partial charge on any atom is -0.330 e. The van der Waals surface area contributed by atoms with Crippen molar-refractivity contribution in [2.75, 3.05) is 31.1 Å². The fourth-order valence-corrected chi connectivity index (χ4v) is 4.07. The third kappa shape index (κ3) is 3.43. The van der Waals surface area contributed by atoms with Crippen LogP contribution in [-0.2, 0) is 6.67 Å². The van der Waals surface area contributed by atoms with Crippen molar-refractivity contribution in [3.8, 4) is 11.4 Å². The van der Waals surface area contributed by atoms with Gasteiger partial charge in [-0.05, 0) is 43.3 Å². The molecule has 1 saturated carbocycles. The molecule has 28 heavy (non-hydrogen) atoms. The van der Waals surface area contributed by atoms with Gasteiger partial charge in [-0.1, -0.05) is 0 Å². The molecule has 0 unspecified atom stereocenters. The van der Waals surface area contributed by atoms with Crippen LogP contribution in [0.25, 0.3) is 11.4 Å². The highest BCUT2D eigenvalue weighted by molar-refractivity contribution is 7.71. The number of nitrogens with zero attached hydrogens (tertiary/aromatic N) is 7. The van der Waals surface area contributed by atoms with E-state index >= 15 is 0 Å². The Labute approximate surface area is 168 Å². The number of pyridine rings is 1. The van der Waals surface area contributed by atoms with Crippen molar-refractivity contribution in [2.24, 2.45) is 0 Å². The van der Waals surface area contributed by atoms with Gasteiger partial charge in [-0.3, -0.25) is 9.55 Å². The largest absolute Gasteiger partial charge is 0.330 e. The third-order valence-corrected chi connectivity index (χ3v) is 5.79. The predicted octanol–water partition coefficient (Wildman–Crippen LogP) is 0.964. The summed E-state index contributed by atoms with van der Waals surface area (Å²) in [7, 11) is 0. The molecule has 2 fully saturated rings. The molecule has 4 heterocycles. The molecular weight excluding hydrogens is 372 g/mol. The minimum atomic E-state index is 0.485. The molecule has 2 aliphatic rings. The van der Waals surface area contributed by atoms with Crippen LogP contribution >= 0.6 is 12.2 Å². The summed E-state index contributed by atoms with van der Waals surface area (Å²) in [5.74, 6) is 1.76. The Hall–Kier alpha value is -2.65. The Kier molecular flexibility index (Phi) is 4.61. The van der Waals surface area contributed by atoms with E-state index in [1.807, 2.05) is 23.0 Å². The number of rotatable bonds is 5. The van der Waals surface area contributed by atoms with Crippen molar-refractivity contribution in [2.45, 2.75) is 25.6 Å². The first-order chi connectivity index (χ1) is 13.8. The SMILES string of the molecule is S=c1n(C[NH+]2CCN(c3ncccn3)CC2)nc(-c2cccnc2)n1C1CC1. The maximum Gasteiger partial charge on any atom is 0.225 e. The standard InChI is InChI=1S/C19H22N8S/c28-19-26(14-24-9-11-25(12-10-24)18-21-7-2-8-22-18)23-17(27(19)16-4-5-16)15-3-1-6-20-13-15/h1-3,6-8,13,16H,4-5,9-12,14H2/p+1. The highest BCUT2D eigenvalue weighted by Gasteiger charge is 2.30. The van der Waals surface area contributed by atoms with Gasteiger partial charge in [-0.2, -0.15) is 4.68 Å². The van der Waals surface area contributed by atoms with E-state index in [-0.39, 0.29) is 0 Å². The first-order valence-electron chi connectivity index (χ1n) is 9.75. The molecular formula is C19H23N8S+. The topological polar surface area (TPSA) is 69.1 Å². The lowest BCUT2D eigenvalue weighted by molar-refractivity contribution is -0.924. The lowest BCUT2D eigenvalue weighted by Gasteiger charge is -2.31. The Morgan fingerprint density at radius 2 is 1.86 bits per heavy atom. The maximum absolute atomic E-state index is 5.80. The van der Waals surface area contributed by atoms with Gasteiger partial charge in [0.2, 0.25) is 10.7 Å². The Morgan fingerprint density at radius 1 is 1.07 bits per heavy atom. The van der Waals surface area contributed by atoms with E-state index in [1.54, 1.807) is 18.6 Å². The first-order valence-corrected chi connectivity index (χ1v) is 10.2. The van der Waals surface area contributed by atoms with Crippen molar-refractivity contribution in [3.05, 3.63) is 47.8 Å². The summed E-state index contributed by atoms with van der Waals surface area (Å²) in [5, 5.41) is 4.89. The van der Waals surface area contributed by atoms with E-state index in [0.29, 0.717) is 6.04 Å². The van der Waals surface area contributed by atoms with Crippen LogP contribution in [0.1, 0.15) is 18.9 Å². The van der Waals surface area contributed by atoms with E-state index in [1.165, 1.54) is 17.7 Å². The molecule has 1 N–H and O–H groups in total. The number of aromatic nitrogens is 6. The van der Waals surface area contributed by atoms with Gasteiger partial charge in [0.1, 0.15) is 0 Å². The van der Waals surface area contributed by atoms with Gasteiger partial charge in [0.25, 0.3) is 0 Å². The Balaban J connectivity index is 1.33. The molecule has 1 aliphatic heterocycles. The molecule has 3 aromatic rings. The van der Waals surface area contributed by atoms with Gasteiger partial charge in [0, 0.05) is 36.4 Å². The van der Waals surface area contributed by atoms with Crippen molar-refractivity contribution in [1.29, 1.82) is 0 Å². The summed E-state index contributed by atoms with van der Waals surface area (Å²) in [6, 6.07) is 6.34. The lowest BCUT2D eigenvalue weighted by Crippen LogP contribution is -3.14. The van der Waals surface area contributed by atoms with Gasteiger partial charge >= 0.3 is 0 Å². The van der Waals surface area contributed by atoms with E-state index in [9.17, 15) is 0 Å². The summed E-state index contributed by atoms with van der Waals surface area (Å²) < 4.78 is 5.04. The summed E-state index contributed by atoms with van der Waals surface area (Å²) in [4.78, 5) is 16.7. The molecule has 9 heteroatoms. The van der Waals surface area contributed by atoms with Crippen LogP contribution in [0.3, 0.4) is 0 Å². The normalized spacial score (nSPS) is 17.8. The fraction of sp³-hybridized carbons (Fsp3) is 0.421. The zero-order valence-electron chi connectivity index (χ0n) is 15.6. The van der Waals surface area contributed by atoms with Crippen LogP contribution in [0.2, 0.25) is 0 Å².